The molecule has 1 aromatic carbocycles. The number of rotatable bonds is 7. The average molecular weight is 287 g/mol. The van der Waals surface area contributed by atoms with Crippen LogP contribution in [0.5, 0.6) is 5.75 Å². The zero-order chi connectivity index (χ0) is 14.5. The topological polar surface area (TPSA) is 110 Å². The highest BCUT2D eigenvalue weighted by molar-refractivity contribution is 7.53. The van der Waals surface area contributed by atoms with Crippen molar-refractivity contribution in [3.05, 3.63) is 29.8 Å². The van der Waals surface area contributed by atoms with E-state index in [0.29, 0.717) is 6.42 Å². The molecule has 1 aromatic rings. The summed E-state index contributed by atoms with van der Waals surface area (Å²) in [6, 6.07) is 5.27. The molecule has 106 valence electrons. The van der Waals surface area contributed by atoms with Crippen LogP contribution in [0.25, 0.3) is 0 Å². The lowest BCUT2D eigenvalue weighted by Crippen LogP contribution is -2.22. The molecule has 0 saturated carbocycles. The van der Waals surface area contributed by atoms with Gasteiger partial charge in [-0.05, 0) is 30.7 Å². The summed E-state index contributed by atoms with van der Waals surface area (Å²) >= 11 is 0. The van der Waals surface area contributed by atoms with Gasteiger partial charge >= 0.3 is 13.6 Å². The lowest BCUT2D eigenvalue weighted by Gasteiger charge is -2.19. The fourth-order valence-electron chi connectivity index (χ4n) is 1.45. The van der Waals surface area contributed by atoms with E-state index in [1.165, 1.54) is 24.3 Å². The summed E-state index contributed by atoms with van der Waals surface area (Å²) < 4.78 is 16.9. The molecule has 19 heavy (non-hydrogen) atoms. The van der Waals surface area contributed by atoms with E-state index in [4.69, 9.17) is 15.4 Å². The van der Waals surface area contributed by atoms with Crippen molar-refractivity contribution >= 4 is 13.6 Å². The third kappa shape index (κ3) is 4.67. The molecule has 0 spiro atoms. The number of hydrogen-bond acceptors (Lipinski definition) is 4. The molecule has 7 heteroatoms. The smallest absolute Gasteiger partial charge is 0.393 e. The van der Waals surface area contributed by atoms with Crippen molar-refractivity contribution in [3.8, 4) is 5.75 Å². The van der Waals surface area contributed by atoms with E-state index < -0.39 is 19.3 Å². The Balaban J connectivity index is 2.72. The number of unbranched alkanes of at least 4 members (excludes halogenated alkanes) is 1. The van der Waals surface area contributed by atoms with Crippen molar-refractivity contribution in [1.82, 2.24) is 0 Å². The van der Waals surface area contributed by atoms with Gasteiger partial charge in [0.15, 0.2) is 0 Å². The molecular formula is C12H18NO5P. The fourth-order valence-corrected chi connectivity index (χ4v) is 2.52. The standard InChI is InChI=1S/C12H18NO5P/c1-2-3-4-11(13)19(16,17)18-10-7-5-9(6-8-10)12(14)15/h5-8,11H,2-4,13H2,1H3,(H,14,15)(H,16,17). The van der Waals surface area contributed by atoms with Crippen molar-refractivity contribution in [2.45, 2.75) is 32.0 Å². The number of carboxylic acid groups (broad SMARTS) is 1. The zero-order valence-electron chi connectivity index (χ0n) is 10.7. The minimum atomic E-state index is -3.94. The van der Waals surface area contributed by atoms with Gasteiger partial charge in [-0.15, -0.1) is 0 Å². The van der Waals surface area contributed by atoms with Gasteiger partial charge in [-0.2, -0.15) is 0 Å². The van der Waals surface area contributed by atoms with Crippen LogP contribution < -0.4 is 10.3 Å². The third-order valence-electron chi connectivity index (χ3n) is 2.61. The van der Waals surface area contributed by atoms with Gasteiger partial charge in [0, 0.05) is 0 Å². The Hall–Kier alpha value is -1.36. The highest BCUT2D eigenvalue weighted by Crippen LogP contribution is 2.47. The Bertz CT molecular complexity index is 474. The molecule has 0 saturated heterocycles. The quantitative estimate of drug-likeness (QED) is 0.664. The maximum atomic E-state index is 11.9. The number of benzene rings is 1. The number of hydrogen-bond donors (Lipinski definition) is 3. The van der Waals surface area contributed by atoms with Crippen LogP contribution in [0.3, 0.4) is 0 Å². The summed E-state index contributed by atoms with van der Waals surface area (Å²) in [5.41, 5.74) is 5.71. The van der Waals surface area contributed by atoms with Gasteiger partial charge in [-0.1, -0.05) is 19.8 Å². The summed E-state index contributed by atoms with van der Waals surface area (Å²) in [5, 5.41) is 8.73. The minimum absolute atomic E-state index is 0.0791. The molecule has 0 bridgehead atoms. The van der Waals surface area contributed by atoms with E-state index in [0.717, 1.165) is 12.8 Å². The van der Waals surface area contributed by atoms with E-state index in [2.05, 4.69) is 0 Å². The molecule has 2 atom stereocenters. The molecule has 2 unspecified atom stereocenters. The molecule has 0 heterocycles. The van der Waals surface area contributed by atoms with E-state index in [1.807, 2.05) is 6.92 Å². The van der Waals surface area contributed by atoms with Gasteiger partial charge in [0.05, 0.1) is 5.56 Å². The van der Waals surface area contributed by atoms with Crippen LogP contribution in [0.2, 0.25) is 0 Å². The maximum absolute atomic E-state index is 11.9. The number of carboxylic acids is 1. The summed E-state index contributed by atoms with van der Waals surface area (Å²) in [5.74, 6) is -1.88. The first-order valence-electron chi connectivity index (χ1n) is 5.98. The van der Waals surface area contributed by atoms with Crippen molar-refractivity contribution in [3.63, 3.8) is 0 Å². The minimum Gasteiger partial charge on any atom is -0.478 e. The first-order valence-corrected chi connectivity index (χ1v) is 7.62. The molecule has 0 aliphatic carbocycles. The second-order valence-corrected chi connectivity index (χ2v) is 6.17. The summed E-state index contributed by atoms with van der Waals surface area (Å²) in [7, 11) is -3.94. The van der Waals surface area contributed by atoms with Crippen LogP contribution in [0.15, 0.2) is 24.3 Å². The Labute approximate surface area is 111 Å². The van der Waals surface area contributed by atoms with Gasteiger partial charge in [-0.25, -0.2) is 9.36 Å². The molecule has 6 nitrogen and oxygen atoms in total. The van der Waals surface area contributed by atoms with Crippen molar-refractivity contribution < 1.29 is 23.9 Å². The molecule has 0 aliphatic heterocycles. The average Bonchev–Trinajstić information content (AvgIpc) is 2.36. The van der Waals surface area contributed by atoms with Crippen molar-refractivity contribution in [2.24, 2.45) is 5.73 Å². The van der Waals surface area contributed by atoms with Gasteiger partial charge in [0.25, 0.3) is 0 Å². The second-order valence-electron chi connectivity index (χ2n) is 4.19. The zero-order valence-corrected chi connectivity index (χ0v) is 11.5. The number of aromatic carboxylic acids is 1. The largest absolute Gasteiger partial charge is 0.478 e. The highest BCUT2D eigenvalue weighted by Gasteiger charge is 2.30. The Morgan fingerprint density at radius 2 is 2.00 bits per heavy atom. The first-order chi connectivity index (χ1) is 8.86. The van der Waals surface area contributed by atoms with Gasteiger partial charge in [0.1, 0.15) is 11.5 Å². The molecule has 1 rings (SSSR count). The van der Waals surface area contributed by atoms with E-state index in [9.17, 15) is 14.3 Å². The molecule has 0 amide bonds. The predicted molar refractivity (Wildman–Crippen MR) is 71.4 cm³/mol. The van der Waals surface area contributed by atoms with Crippen molar-refractivity contribution in [1.29, 1.82) is 0 Å². The molecule has 0 radical (unpaired) electrons. The van der Waals surface area contributed by atoms with Crippen LogP contribution in [0.4, 0.5) is 0 Å². The normalized spacial score (nSPS) is 15.5. The second kappa shape index (κ2) is 6.70. The van der Waals surface area contributed by atoms with Gasteiger partial charge in [-0.3, -0.25) is 0 Å². The Kier molecular flexibility index (Phi) is 5.54. The van der Waals surface area contributed by atoms with E-state index >= 15 is 0 Å². The third-order valence-corrected chi connectivity index (χ3v) is 4.18. The van der Waals surface area contributed by atoms with Crippen molar-refractivity contribution in [2.75, 3.05) is 0 Å². The predicted octanol–water partition coefficient (Wildman–Crippen LogP) is 2.42. The maximum Gasteiger partial charge on any atom is 0.393 e. The van der Waals surface area contributed by atoms with Crippen LogP contribution >= 0.6 is 7.60 Å². The molecular weight excluding hydrogens is 269 g/mol. The van der Waals surface area contributed by atoms with Gasteiger partial charge in [0.2, 0.25) is 0 Å². The monoisotopic (exact) mass is 287 g/mol. The van der Waals surface area contributed by atoms with Gasteiger partial charge < -0.3 is 20.3 Å². The number of carbonyl (C=O) groups is 1. The Morgan fingerprint density at radius 3 is 2.47 bits per heavy atom. The molecule has 0 fully saturated rings. The Morgan fingerprint density at radius 1 is 1.42 bits per heavy atom. The fraction of sp³-hybridized carbons (Fsp3) is 0.417. The SMILES string of the molecule is CCCCC(N)P(=O)(O)Oc1ccc(C(=O)O)cc1. The molecule has 0 aromatic heterocycles. The van der Waals surface area contributed by atoms with Crippen LogP contribution in [0.1, 0.15) is 36.5 Å². The van der Waals surface area contributed by atoms with E-state index in [-0.39, 0.29) is 11.3 Å². The van der Waals surface area contributed by atoms with Crippen LogP contribution in [-0.2, 0) is 4.57 Å². The summed E-state index contributed by atoms with van der Waals surface area (Å²) in [6.07, 6.45) is 2.02. The lowest BCUT2D eigenvalue weighted by molar-refractivity contribution is 0.0697. The molecule has 4 N–H and O–H groups in total. The summed E-state index contributed by atoms with van der Waals surface area (Å²) in [4.78, 5) is 20.4. The number of nitrogens with two attached hydrogens (primary N) is 1. The lowest BCUT2D eigenvalue weighted by atomic mass is 10.2. The highest BCUT2D eigenvalue weighted by atomic mass is 31.2. The molecule has 0 aliphatic rings. The summed E-state index contributed by atoms with van der Waals surface area (Å²) in [6.45, 7) is 1.96. The van der Waals surface area contributed by atoms with Crippen LogP contribution in [-0.4, -0.2) is 21.8 Å². The van der Waals surface area contributed by atoms with Crippen LogP contribution in [0, 0.1) is 0 Å². The first kappa shape index (κ1) is 15.7. The van der Waals surface area contributed by atoms with E-state index in [1.54, 1.807) is 0 Å².